The molecule has 2 rings (SSSR count). The van der Waals surface area contributed by atoms with E-state index >= 15 is 0 Å². The average molecular weight is 175 g/mol. The normalized spacial score (nSPS) is 16.2. The summed E-state index contributed by atoms with van der Waals surface area (Å²) in [6.07, 6.45) is 2.68. The molecule has 1 N–H and O–H groups in total. The quantitative estimate of drug-likeness (QED) is 0.742. The van der Waals surface area contributed by atoms with E-state index in [1.165, 1.54) is 24.1 Å². The van der Waals surface area contributed by atoms with Crippen LogP contribution in [0.3, 0.4) is 0 Å². The van der Waals surface area contributed by atoms with Crippen LogP contribution in [0.2, 0.25) is 0 Å². The smallest absolute Gasteiger partial charge is 0.0342 e. The van der Waals surface area contributed by atoms with Crippen molar-refractivity contribution in [3.63, 3.8) is 0 Å². The molecule has 0 unspecified atom stereocenters. The molecule has 0 amide bonds. The first-order valence-corrected chi connectivity index (χ1v) is 5.12. The third-order valence-corrected chi connectivity index (χ3v) is 2.53. The summed E-state index contributed by atoms with van der Waals surface area (Å²) in [4.78, 5) is 0. The van der Waals surface area contributed by atoms with Crippen molar-refractivity contribution in [2.45, 2.75) is 38.6 Å². The number of rotatable bonds is 3. The van der Waals surface area contributed by atoms with Gasteiger partial charge >= 0.3 is 0 Å². The molecular formula is C12H17N. The number of hydrogen-bond acceptors (Lipinski definition) is 1. The van der Waals surface area contributed by atoms with Gasteiger partial charge in [-0.05, 0) is 36.5 Å². The fraction of sp³-hybridized carbons (Fsp3) is 0.500. The molecule has 1 saturated carbocycles. The predicted molar refractivity (Wildman–Crippen MR) is 57.2 cm³/mol. The van der Waals surface area contributed by atoms with Gasteiger partial charge in [-0.2, -0.15) is 0 Å². The van der Waals surface area contributed by atoms with Crippen molar-refractivity contribution in [2.24, 2.45) is 0 Å². The molecule has 1 heteroatoms. The molecule has 1 aromatic carbocycles. The molecule has 1 aliphatic rings. The van der Waals surface area contributed by atoms with Crippen LogP contribution in [0.25, 0.3) is 0 Å². The molecule has 0 saturated heterocycles. The highest BCUT2D eigenvalue weighted by Gasteiger charge is 2.20. The van der Waals surface area contributed by atoms with Gasteiger partial charge in [-0.25, -0.2) is 0 Å². The summed E-state index contributed by atoms with van der Waals surface area (Å²) >= 11 is 0. The average Bonchev–Trinajstić information content (AvgIpc) is 2.89. The van der Waals surface area contributed by atoms with Crippen LogP contribution in [-0.4, -0.2) is 6.04 Å². The molecule has 13 heavy (non-hydrogen) atoms. The molecule has 1 nitrogen and oxygen atoms in total. The Hall–Kier alpha value is -0.980. The maximum absolute atomic E-state index is 3.48. The van der Waals surface area contributed by atoms with E-state index in [9.17, 15) is 0 Å². The molecule has 0 radical (unpaired) electrons. The molecular weight excluding hydrogens is 158 g/mol. The van der Waals surface area contributed by atoms with Gasteiger partial charge in [0.2, 0.25) is 0 Å². The van der Waals surface area contributed by atoms with Gasteiger partial charge < -0.3 is 5.32 Å². The van der Waals surface area contributed by atoms with Crippen molar-refractivity contribution < 1.29 is 0 Å². The van der Waals surface area contributed by atoms with Crippen molar-refractivity contribution in [3.05, 3.63) is 29.8 Å². The maximum atomic E-state index is 3.48. The zero-order valence-electron chi connectivity index (χ0n) is 8.38. The van der Waals surface area contributed by atoms with Crippen molar-refractivity contribution in [2.75, 3.05) is 5.32 Å². The summed E-state index contributed by atoms with van der Waals surface area (Å²) in [7, 11) is 0. The van der Waals surface area contributed by atoms with Gasteiger partial charge in [0.1, 0.15) is 0 Å². The van der Waals surface area contributed by atoms with E-state index in [0.29, 0.717) is 5.92 Å². The number of anilines is 1. The molecule has 0 aromatic heterocycles. The molecule has 0 bridgehead atoms. The van der Waals surface area contributed by atoms with E-state index < -0.39 is 0 Å². The first-order chi connectivity index (χ1) is 6.25. The summed E-state index contributed by atoms with van der Waals surface area (Å²) in [6.45, 7) is 4.45. The monoisotopic (exact) mass is 175 g/mol. The number of nitrogens with one attached hydrogen (secondary N) is 1. The Morgan fingerprint density at radius 3 is 2.23 bits per heavy atom. The second kappa shape index (κ2) is 3.41. The van der Waals surface area contributed by atoms with Crippen molar-refractivity contribution in [1.29, 1.82) is 0 Å². The third-order valence-electron chi connectivity index (χ3n) is 2.53. The van der Waals surface area contributed by atoms with E-state index in [0.717, 1.165) is 6.04 Å². The molecule has 70 valence electrons. The summed E-state index contributed by atoms with van der Waals surface area (Å²) in [6, 6.07) is 9.57. The first-order valence-electron chi connectivity index (χ1n) is 5.12. The van der Waals surface area contributed by atoms with Crippen molar-refractivity contribution >= 4 is 5.69 Å². The molecule has 1 fully saturated rings. The molecule has 0 atom stereocenters. The van der Waals surface area contributed by atoms with Crippen LogP contribution in [-0.2, 0) is 0 Å². The van der Waals surface area contributed by atoms with E-state index in [1.54, 1.807) is 0 Å². The largest absolute Gasteiger partial charge is 0.382 e. The van der Waals surface area contributed by atoms with E-state index in [1.807, 2.05) is 0 Å². The Balaban J connectivity index is 2.04. The summed E-state index contributed by atoms with van der Waals surface area (Å²) in [5.74, 6) is 0.634. The SMILES string of the molecule is CC(C)c1ccc(NC2CC2)cc1. The zero-order chi connectivity index (χ0) is 9.26. The lowest BCUT2D eigenvalue weighted by Crippen LogP contribution is -2.00. The van der Waals surface area contributed by atoms with E-state index in [2.05, 4.69) is 43.4 Å². The van der Waals surface area contributed by atoms with Gasteiger partial charge in [0, 0.05) is 11.7 Å². The van der Waals surface area contributed by atoms with Gasteiger partial charge in [-0.1, -0.05) is 26.0 Å². The Morgan fingerprint density at radius 2 is 1.77 bits per heavy atom. The lowest BCUT2D eigenvalue weighted by atomic mass is 10.0. The molecule has 0 aliphatic heterocycles. The molecule has 1 aromatic rings. The Labute approximate surface area is 80.2 Å². The van der Waals surface area contributed by atoms with Gasteiger partial charge in [-0.3, -0.25) is 0 Å². The second-order valence-corrected chi connectivity index (χ2v) is 4.20. The van der Waals surface area contributed by atoms with Gasteiger partial charge in [0.15, 0.2) is 0 Å². The van der Waals surface area contributed by atoms with Gasteiger partial charge in [-0.15, -0.1) is 0 Å². The van der Waals surface area contributed by atoms with E-state index in [4.69, 9.17) is 0 Å². The fourth-order valence-electron chi connectivity index (χ4n) is 1.43. The van der Waals surface area contributed by atoms with Gasteiger partial charge in [0.05, 0.1) is 0 Å². The highest BCUT2D eigenvalue weighted by molar-refractivity contribution is 5.46. The minimum atomic E-state index is 0.634. The van der Waals surface area contributed by atoms with Crippen LogP contribution in [0.4, 0.5) is 5.69 Å². The Bertz CT molecular complexity index is 270. The fourth-order valence-corrected chi connectivity index (χ4v) is 1.43. The topological polar surface area (TPSA) is 12.0 Å². The van der Waals surface area contributed by atoms with Crippen LogP contribution in [0, 0.1) is 0 Å². The minimum absolute atomic E-state index is 0.634. The van der Waals surface area contributed by atoms with Gasteiger partial charge in [0.25, 0.3) is 0 Å². The van der Waals surface area contributed by atoms with Crippen LogP contribution in [0.5, 0.6) is 0 Å². The van der Waals surface area contributed by atoms with Crippen LogP contribution >= 0.6 is 0 Å². The Kier molecular flexibility index (Phi) is 2.26. The molecule has 0 heterocycles. The maximum Gasteiger partial charge on any atom is 0.0342 e. The molecule has 0 spiro atoms. The Morgan fingerprint density at radius 1 is 1.15 bits per heavy atom. The van der Waals surface area contributed by atoms with Crippen LogP contribution in [0.1, 0.15) is 38.2 Å². The second-order valence-electron chi connectivity index (χ2n) is 4.20. The summed E-state index contributed by atoms with van der Waals surface area (Å²) < 4.78 is 0. The third kappa shape index (κ3) is 2.24. The number of benzene rings is 1. The highest BCUT2D eigenvalue weighted by Crippen LogP contribution is 2.25. The number of hydrogen-bond donors (Lipinski definition) is 1. The lowest BCUT2D eigenvalue weighted by Gasteiger charge is -2.07. The van der Waals surface area contributed by atoms with Crippen LogP contribution < -0.4 is 5.32 Å². The predicted octanol–water partition coefficient (Wildman–Crippen LogP) is 3.38. The lowest BCUT2D eigenvalue weighted by molar-refractivity contribution is 0.867. The first kappa shape index (κ1) is 8.61. The minimum Gasteiger partial charge on any atom is -0.382 e. The van der Waals surface area contributed by atoms with Crippen molar-refractivity contribution in [3.8, 4) is 0 Å². The highest BCUT2D eigenvalue weighted by atomic mass is 14.9. The summed E-state index contributed by atoms with van der Waals surface area (Å²) in [5.41, 5.74) is 2.69. The summed E-state index contributed by atoms with van der Waals surface area (Å²) in [5, 5.41) is 3.48. The van der Waals surface area contributed by atoms with E-state index in [-0.39, 0.29) is 0 Å². The van der Waals surface area contributed by atoms with Crippen LogP contribution in [0.15, 0.2) is 24.3 Å². The standard InChI is InChI=1S/C12H17N/c1-9(2)10-3-5-11(6-4-10)13-12-7-8-12/h3-6,9,12-13H,7-8H2,1-2H3. The molecule has 1 aliphatic carbocycles. The van der Waals surface area contributed by atoms with Crippen molar-refractivity contribution in [1.82, 2.24) is 0 Å². The zero-order valence-corrected chi connectivity index (χ0v) is 8.38.